The molecule has 0 N–H and O–H groups in total. The Morgan fingerprint density at radius 1 is 0.553 bits per heavy atom. The minimum Gasteiger partial charge on any atom is -0.550 e. The molecule has 2 amide bonds. The van der Waals surface area contributed by atoms with Crippen molar-refractivity contribution in [3.63, 3.8) is 0 Å². The number of carbonyl (C=O) groups excluding carboxylic acids is 4. The van der Waals surface area contributed by atoms with Crippen LogP contribution in [0.1, 0.15) is 75.3 Å². The zero-order chi connectivity index (χ0) is 32.5. The van der Waals surface area contributed by atoms with Gasteiger partial charge in [-0.25, -0.2) is 0 Å². The molecule has 2 aromatic rings. The molecule has 0 radical (unpaired) electrons. The van der Waals surface area contributed by atoms with E-state index in [4.69, 9.17) is 0 Å². The molecule has 6 rings (SSSR count). The van der Waals surface area contributed by atoms with Crippen molar-refractivity contribution < 1.29 is 29.4 Å². The molecule has 2 aliphatic heterocycles. The minimum atomic E-state index is -1.13. The summed E-state index contributed by atoms with van der Waals surface area (Å²) >= 11 is 0. The molecule has 47 heavy (non-hydrogen) atoms. The Labute approximate surface area is 309 Å². The topological polar surface area (TPSA) is 121 Å². The molecule has 4 fully saturated rings. The number of likely N-dealkylation sites (tertiary alicyclic amines) is 2. The number of hydrogen-bond donors (Lipinski definition) is 0. The Morgan fingerprint density at radius 2 is 0.851 bits per heavy atom. The van der Waals surface area contributed by atoms with Crippen LogP contribution < -0.4 is 10.2 Å². The summed E-state index contributed by atoms with van der Waals surface area (Å²) in [6, 6.07) is 18.9. The van der Waals surface area contributed by atoms with Gasteiger partial charge in [0.05, 0.1) is 0 Å². The van der Waals surface area contributed by atoms with Gasteiger partial charge in [-0.15, -0.1) is 0 Å². The van der Waals surface area contributed by atoms with Gasteiger partial charge >= 0.3 is 37.7 Å². The molecular weight excluding hydrogens is 621 g/mol. The maximum absolute atomic E-state index is 12.5. The van der Waals surface area contributed by atoms with E-state index in [1.54, 1.807) is 0 Å². The normalized spacial score (nSPS) is 24.4. The van der Waals surface area contributed by atoms with Crippen molar-refractivity contribution >= 4 is 61.5 Å². The van der Waals surface area contributed by atoms with E-state index >= 15 is 0 Å². The Balaban J connectivity index is 0.000000208. The van der Waals surface area contributed by atoms with E-state index in [0.717, 1.165) is 37.3 Å². The summed E-state index contributed by atoms with van der Waals surface area (Å²) in [5.41, 5.74) is 1.87. The van der Waals surface area contributed by atoms with Crippen LogP contribution in [-0.2, 0) is 32.0 Å². The number of carboxylic acid groups (broad SMARTS) is 2. The molecule has 2 heterocycles. The second-order valence-electron chi connectivity index (χ2n) is 14.0. The van der Waals surface area contributed by atoms with E-state index in [2.05, 4.69) is 0 Å². The van der Waals surface area contributed by atoms with Crippen LogP contribution in [0.15, 0.2) is 60.7 Å². The molecule has 0 bridgehead atoms. The first-order valence-corrected chi connectivity index (χ1v) is 17.3. The molecule has 2 saturated carbocycles. The van der Waals surface area contributed by atoms with Crippen LogP contribution in [-0.4, -0.2) is 97.5 Å². The molecular formula is C38H48CaN2O6. The molecule has 0 aromatic heterocycles. The maximum atomic E-state index is 12.5. The first kappa shape index (κ1) is 37.4. The van der Waals surface area contributed by atoms with Crippen molar-refractivity contribution in [2.45, 2.75) is 77.0 Å². The number of nitrogens with zero attached hydrogens (tertiary/aromatic N) is 2. The van der Waals surface area contributed by atoms with Gasteiger partial charge in [0.1, 0.15) is 0 Å². The third kappa shape index (κ3) is 10.8. The van der Waals surface area contributed by atoms with Gasteiger partial charge in [0.2, 0.25) is 11.8 Å². The van der Waals surface area contributed by atoms with Crippen molar-refractivity contribution in [2.24, 2.45) is 35.5 Å². The zero-order valence-corrected chi connectivity index (χ0v) is 29.8. The van der Waals surface area contributed by atoms with Crippen LogP contribution in [0.5, 0.6) is 0 Å². The van der Waals surface area contributed by atoms with E-state index in [1.807, 2.05) is 70.5 Å². The number of benzene rings is 2. The first-order valence-electron chi connectivity index (χ1n) is 17.3. The van der Waals surface area contributed by atoms with Crippen LogP contribution in [0, 0.1) is 35.5 Å². The number of carboxylic acids is 2. The molecule has 6 atom stereocenters. The Hall–Kier alpha value is -2.42. The summed E-state index contributed by atoms with van der Waals surface area (Å²) in [7, 11) is 0. The van der Waals surface area contributed by atoms with Gasteiger partial charge in [-0.05, 0) is 73.3 Å². The van der Waals surface area contributed by atoms with Crippen LogP contribution in [0.2, 0.25) is 0 Å². The molecule has 2 unspecified atom stereocenters. The second kappa shape index (κ2) is 18.4. The molecule has 248 valence electrons. The fraction of sp³-hybridized carbons (Fsp3) is 0.579. The zero-order valence-electron chi connectivity index (χ0n) is 27.6. The van der Waals surface area contributed by atoms with Crippen molar-refractivity contribution in [1.29, 1.82) is 0 Å². The number of carbonyl (C=O) groups is 4. The summed E-state index contributed by atoms with van der Waals surface area (Å²) in [6.07, 6.45) is 10.7. The molecule has 9 heteroatoms. The number of rotatable bonds is 10. The van der Waals surface area contributed by atoms with Gasteiger partial charge in [-0.1, -0.05) is 86.3 Å². The summed E-state index contributed by atoms with van der Waals surface area (Å²) in [6.45, 7) is 3.26. The molecule has 2 aliphatic carbocycles. The predicted molar refractivity (Wildman–Crippen MR) is 176 cm³/mol. The smallest absolute Gasteiger partial charge is 0.550 e. The third-order valence-electron chi connectivity index (χ3n) is 10.8. The van der Waals surface area contributed by atoms with E-state index in [-0.39, 0.29) is 62.4 Å². The quantitative estimate of drug-likeness (QED) is 0.359. The second-order valence-corrected chi connectivity index (χ2v) is 14.0. The van der Waals surface area contributed by atoms with Crippen LogP contribution in [0.3, 0.4) is 0 Å². The maximum Gasteiger partial charge on any atom is 2.00 e. The monoisotopic (exact) mass is 668 g/mol. The predicted octanol–water partition coefficient (Wildman–Crippen LogP) is 2.89. The Kier molecular flexibility index (Phi) is 14.6. The summed E-state index contributed by atoms with van der Waals surface area (Å²) < 4.78 is 0. The van der Waals surface area contributed by atoms with Crippen LogP contribution >= 0.6 is 0 Å². The van der Waals surface area contributed by atoms with Crippen molar-refractivity contribution in [2.75, 3.05) is 26.2 Å². The van der Waals surface area contributed by atoms with Gasteiger partial charge in [-0.2, -0.15) is 0 Å². The van der Waals surface area contributed by atoms with E-state index in [0.29, 0.717) is 36.5 Å². The van der Waals surface area contributed by atoms with Gasteiger partial charge < -0.3 is 29.6 Å². The Morgan fingerprint density at radius 3 is 1.13 bits per heavy atom. The standard InChI is InChI=1S/2C19H25NO3.Ca/c2*21-18(20-12-15-8-4-5-9-16(15)13-20)11-17(19(22)23)10-14-6-2-1-3-7-14;/h2*1-3,6-7,15-17H,4-5,8-13H2,(H,22,23);/q;;+2/p-2/t2*15-,16+,17?;. The van der Waals surface area contributed by atoms with Gasteiger partial charge in [0.25, 0.3) is 0 Å². The Bertz CT molecular complexity index is 1190. The third-order valence-corrected chi connectivity index (χ3v) is 10.8. The van der Waals surface area contributed by atoms with Gasteiger partial charge in [-0.3, -0.25) is 9.59 Å². The summed E-state index contributed by atoms with van der Waals surface area (Å²) in [5, 5.41) is 22.8. The summed E-state index contributed by atoms with van der Waals surface area (Å²) in [5.74, 6) is -1.27. The average Bonchev–Trinajstić information content (AvgIpc) is 3.70. The number of fused-ring (bicyclic) bond motifs is 2. The van der Waals surface area contributed by atoms with E-state index in [1.165, 1.54) is 51.4 Å². The van der Waals surface area contributed by atoms with E-state index in [9.17, 15) is 29.4 Å². The van der Waals surface area contributed by atoms with Crippen molar-refractivity contribution in [1.82, 2.24) is 9.80 Å². The summed E-state index contributed by atoms with van der Waals surface area (Å²) in [4.78, 5) is 51.7. The van der Waals surface area contributed by atoms with E-state index < -0.39 is 23.8 Å². The number of hydrogen-bond acceptors (Lipinski definition) is 6. The largest absolute Gasteiger partial charge is 2.00 e. The van der Waals surface area contributed by atoms with Crippen molar-refractivity contribution in [3.8, 4) is 0 Å². The molecule has 4 aliphatic rings. The van der Waals surface area contributed by atoms with Gasteiger partial charge in [0.15, 0.2) is 0 Å². The molecule has 2 aromatic carbocycles. The molecule has 0 spiro atoms. The first-order chi connectivity index (χ1) is 22.3. The fourth-order valence-electron chi connectivity index (χ4n) is 8.17. The molecule has 2 saturated heterocycles. The number of amides is 2. The van der Waals surface area contributed by atoms with Crippen molar-refractivity contribution in [3.05, 3.63) is 71.8 Å². The fourth-order valence-corrected chi connectivity index (χ4v) is 8.17. The van der Waals surface area contributed by atoms with Crippen LogP contribution in [0.25, 0.3) is 0 Å². The number of aliphatic carboxylic acids is 2. The average molecular weight is 669 g/mol. The van der Waals surface area contributed by atoms with Gasteiger partial charge in [0, 0.05) is 62.8 Å². The van der Waals surface area contributed by atoms with Crippen LogP contribution in [0.4, 0.5) is 0 Å². The minimum absolute atomic E-state index is 0. The SMILES string of the molecule is O=C([O-])C(CC(=O)N1C[C@H]2CCCC[C@H]2C1)Cc1ccccc1.O=C([O-])C(CC(=O)N1C[C@H]2CCCC[C@H]2C1)Cc1ccccc1.[Ca+2]. The molecule has 8 nitrogen and oxygen atoms in total.